The molecule has 1 aliphatic rings. The zero-order chi connectivity index (χ0) is 18.5. The maximum Gasteiger partial charge on any atom is 0.127 e. The topological polar surface area (TPSA) is 18.5 Å². The van der Waals surface area contributed by atoms with E-state index in [2.05, 4.69) is 48.6 Å². The smallest absolute Gasteiger partial charge is 0.127 e. The van der Waals surface area contributed by atoms with E-state index < -0.39 is 0 Å². The van der Waals surface area contributed by atoms with Crippen molar-refractivity contribution in [1.82, 2.24) is 0 Å². The number of methoxy groups -OCH3 is 1. The van der Waals surface area contributed by atoms with Crippen molar-refractivity contribution in [1.29, 1.82) is 0 Å². The van der Waals surface area contributed by atoms with Gasteiger partial charge in [0.2, 0.25) is 0 Å². The standard InChI is InChI=1S/C25H22O2/c1-26-21-16-14-19(15-17-21)24-12-5-6-13-25(24)20-8-7-11-23(18-20)27-22-9-3-2-4-10-22/h2-6,9-18H,7-8H2,1H3. The largest absolute Gasteiger partial charge is 0.497 e. The van der Waals surface area contributed by atoms with E-state index in [1.54, 1.807) is 7.11 Å². The molecular weight excluding hydrogens is 332 g/mol. The first-order valence-electron chi connectivity index (χ1n) is 9.21. The number of hydrogen-bond donors (Lipinski definition) is 0. The van der Waals surface area contributed by atoms with Crippen LogP contribution in [-0.2, 0) is 0 Å². The third kappa shape index (κ3) is 3.95. The Balaban J connectivity index is 1.65. The number of ether oxygens (including phenoxy) is 2. The molecule has 0 saturated carbocycles. The molecule has 0 saturated heterocycles. The van der Waals surface area contributed by atoms with Gasteiger partial charge in [0.1, 0.15) is 17.3 Å². The summed E-state index contributed by atoms with van der Waals surface area (Å²) in [6.45, 7) is 0. The minimum Gasteiger partial charge on any atom is -0.497 e. The van der Waals surface area contributed by atoms with Gasteiger partial charge in [-0.1, -0.05) is 54.6 Å². The molecule has 0 aliphatic heterocycles. The lowest BCUT2D eigenvalue weighted by Gasteiger charge is -2.18. The van der Waals surface area contributed by atoms with Crippen molar-refractivity contribution >= 4 is 5.57 Å². The second-order valence-electron chi connectivity index (χ2n) is 6.50. The number of benzene rings is 3. The maximum atomic E-state index is 6.05. The van der Waals surface area contributed by atoms with Crippen LogP contribution in [0.25, 0.3) is 16.7 Å². The Hall–Kier alpha value is -3.26. The predicted octanol–water partition coefficient (Wildman–Crippen LogP) is 6.50. The van der Waals surface area contributed by atoms with Crippen LogP contribution in [0.3, 0.4) is 0 Å². The summed E-state index contributed by atoms with van der Waals surface area (Å²) in [6.07, 6.45) is 6.31. The molecule has 0 heterocycles. The highest BCUT2D eigenvalue weighted by Gasteiger charge is 2.13. The van der Waals surface area contributed by atoms with Gasteiger partial charge in [-0.15, -0.1) is 0 Å². The highest BCUT2D eigenvalue weighted by atomic mass is 16.5. The molecule has 1 aliphatic carbocycles. The average molecular weight is 354 g/mol. The van der Waals surface area contributed by atoms with Crippen LogP contribution in [-0.4, -0.2) is 7.11 Å². The molecule has 0 spiro atoms. The summed E-state index contributed by atoms with van der Waals surface area (Å²) in [7, 11) is 1.69. The van der Waals surface area contributed by atoms with E-state index in [9.17, 15) is 0 Å². The Morgan fingerprint density at radius 1 is 0.704 bits per heavy atom. The highest BCUT2D eigenvalue weighted by molar-refractivity contribution is 5.82. The summed E-state index contributed by atoms with van der Waals surface area (Å²) in [6, 6.07) is 26.7. The molecule has 0 radical (unpaired) electrons. The Morgan fingerprint density at radius 3 is 2.15 bits per heavy atom. The Bertz CT molecular complexity index is 967. The van der Waals surface area contributed by atoms with Crippen LogP contribution < -0.4 is 9.47 Å². The van der Waals surface area contributed by atoms with Crippen LogP contribution >= 0.6 is 0 Å². The molecule has 27 heavy (non-hydrogen) atoms. The molecular formula is C25H22O2. The van der Waals surface area contributed by atoms with Gasteiger partial charge in [0.25, 0.3) is 0 Å². The molecule has 134 valence electrons. The summed E-state index contributed by atoms with van der Waals surface area (Å²) in [5.74, 6) is 2.64. The van der Waals surface area contributed by atoms with Crippen LogP contribution in [0.2, 0.25) is 0 Å². The summed E-state index contributed by atoms with van der Waals surface area (Å²) >= 11 is 0. The average Bonchev–Trinajstić information content (AvgIpc) is 2.75. The fourth-order valence-electron chi connectivity index (χ4n) is 3.37. The van der Waals surface area contributed by atoms with E-state index in [0.29, 0.717) is 0 Å². The highest BCUT2D eigenvalue weighted by Crippen LogP contribution is 2.35. The van der Waals surface area contributed by atoms with Crippen LogP contribution in [0.4, 0.5) is 0 Å². The van der Waals surface area contributed by atoms with E-state index in [-0.39, 0.29) is 0 Å². The normalized spacial score (nSPS) is 13.5. The van der Waals surface area contributed by atoms with Crippen molar-refractivity contribution in [2.24, 2.45) is 0 Å². The van der Waals surface area contributed by atoms with E-state index in [0.717, 1.165) is 30.1 Å². The minimum absolute atomic E-state index is 0.865. The first kappa shape index (κ1) is 17.2. The van der Waals surface area contributed by atoms with Gasteiger partial charge >= 0.3 is 0 Å². The first-order chi connectivity index (χ1) is 13.3. The van der Waals surface area contributed by atoms with E-state index in [1.165, 1.54) is 22.3 Å². The summed E-state index contributed by atoms with van der Waals surface area (Å²) in [5, 5.41) is 0. The molecule has 0 fully saturated rings. The third-order valence-electron chi connectivity index (χ3n) is 4.73. The SMILES string of the molecule is COc1ccc(-c2ccccc2C2=CC(Oc3ccccc3)=CCC2)cc1. The molecule has 0 amide bonds. The fourth-order valence-corrected chi connectivity index (χ4v) is 3.37. The molecule has 0 atom stereocenters. The molecule has 0 N–H and O–H groups in total. The van der Waals surface area contributed by atoms with Crippen molar-refractivity contribution in [2.45, 2.75) is 12.8 Å². The fraction of sp³-hybridized carbons (Fsp3) is 0.120. The Morgan fingerprint density at radius 2 is 1.41 bits per heavy atom. The van der Waals surface area contributed by atoms with Gasteiger partial charge in [0, 0.05) is 0 Å². The van der Waals surface area contributed by atoms with E-state index >= 15 is 0 Å². The van der Waals surface area contributed by atoms with Crippen LogP contribution in [0.1, 0.15) is 18.4 Å². The summed E-state index contributed by atoms with van der Waals surface area (Å²) < 4.78 is 11.3. The molecule has 2 nitrogen and oxygen atoms in total. The molecule has 0 aromatic heterocycles. The minimum atomic E-state index is 0.865. The first-order valence-corrected chi connectivity index (χ1v) is 9.21. The van der Waals surface area contributed by atoms with Crippen molar-refractivity contribution in [3.8, 4) is 22.6 Å². The monoisotopic (exact) mass is 354 g/mol. The predicted molar refractivity (Wildman–Crippen MR) is 111 cm³/mol. The van der Waals surface area contributed by atoms with Gasteiger partial charge in [-0.2, -0.15) is 0 Å². The number of rotatable bonds is 5. The second-order valence-corrected chi connectivity index (χ2v) is 6.50. The van der Waals surface area contributed by atoms with E-state index in [4.69, 9.17) is 9.47 Å². The lowest BCUT2D eigenvalue weighted by atomic mass is 9.90. The Kier molecular flexibility index (Phi) is 5.06. The number of allylic oxidation sites excluding steroid dienone is 3. The lowest BCUT2D eigenvalue weighted by molar-refractivity contribution is 0.415. The maximum absolute atomic E-state index is 6.05. The third-order valence-corrected chi connectivity index (χ3v) is 4.73. The number of para-hydroxylation sites is 1. The van der Waals surface area contributed by atoms with Gasteiger partial charge in [-0.25, -0.2) is 0 Å². The van der Waals surface area contributed by atoms with Crippen LogP contribution in [0.15, 0.2) is 96.8 Å². The van der Waals surface area contributed by atoms with Gasteiger partial charge in [0.15, 0.2) is 0 Å². The van der Waals surface area contributed by atoms with E-state index in [1.807, 2.05) is 42.5 Å². The van der Waals surface area contributed by atoms with Crippen molar-refractivity contribution in [2.75, 3.05) is 7.11 Å². The van der Waals surface area contributed by atoms with Crippen molar-refractivity contribution < 1.29 is 9.47 Å². The van der Waals surface area contributed by atoms with Gasteiger partial charge in [0.05, 0.1) is 7.11 Å². The van der Waals surface area contributed by atoms with Crippen LogP contribution in [0.5, 0.6) is 11.5 Å². The zero-order valence-electron chi connectivity index (χ0n) is 15.4. The zero-order valence-corrected chi connectivity index (χ0v) is 15.4. The molecule has 0 bridgehead atoms. The van der Waals surface area contributed by atoms with Crippen LogP contribution in [0, 0.1) is 0 Å². The molecule has 3 aromatic carbocycles. The molecule has 0 unspecified atom stereocenters. The Labute approximate surface area is 160 Å². The van der Waals surface area contributed by atoms with Gasteiger partial charge in [-0.05, 0) is 71.5 Å². The molecule has 3 aromatic rings. The molecule has 4 rings (SSSR count). The van der Waals surface area contributed by atoms with Gasteiger partial charge < -0.3 is 9.47 Å². The summed E-state index contributed by atoms with van der Waals surface area (Å²) in [5.41, 5.74) is 4.97. The number of hydrogen-bond acceptors (Lipinski definition) is 2. The van der Waals surface area contributed by atoms with Crippen molar-refractivity contribution in [3.63, 3.8) is 0 Å². The quantitative estimate of drug-likeness (QED) is 0.520. The summed E-state index contributed by atoms with van der Waals surface area (Å²) in [4.78, 5) is 0. The molecule has 2 heteroatoms. The van der Waals surface area contributed by atoms with Gasteiger partial charge in [-0.3, -0.25) is 0 Å². The van der Waals surface area contributed by atoms with Crippen molar-refractivity contribution in [3.05, 3.63) is 102 Å². The second kappa shape index (κ2) is 7.96. The lowest BCUT2D eigenvalue weighted by Crippen LogP contribution is -2.00.